The number of aryl methyl sites for hydroxylation is 1. The van der Waals surface area contributed by atoms with Crippen molar-refractivity contribution in [3.63, 3.8) is 0 Å². The SMILES string of the molecule is O=C(CCc1ccc(-c2ccccc2)o1)Nc1ncccc1O. The van der Waals surface area contributed by atoms with Crippen molar-refractivity contribution in [2.24, 2.45) is 0 Å². The number of aromatic nitrogens is 1. The van der Waals surface area contributed by atoms with Crippen LogP contribution >= 0.6 is 0 Å². The van der Waals surface area contributed by atoms with E-state index >= 15 is 0 Å². The van der Waals surface area contributed by atoms with E-state index in [9.17, 15) is 9.90 Å². The highest BCUT2D eigenvalue weighted by molar-refractivity contribution is 5.91. The molecule has 23 heavy (non-hydrogen) atoms. The number of nitrogens with one attached hydrogen (secondary N) is 1. The van der Waals surface area contributed by atoms with Gasteiger partial charge in [-0.15, -0.1) is 0 Å². The molecule has 1 aromatic carbocycles. The van der Waals surface area contributed by atoms with Gasteiger partial charge in [-0.05, 0) is 24.3 Å². The topological polar surface area (TPSA) is 75.4 Å². The molecule has 0 aliphatic rings. The van der Waals surface area contributed by atoms with Crippen molar-refractivity contribution in [2.75, 3.05) is 5.32 Å². The van der Waals surface area contributed by atoms with Crippen molar-refractivity contribution in [3.8, 4) is 17.1 Å². The van der Waals surface area contributed by atoms with Crippen LogP contribution in [-0.4, -0.2) is 16.0 Å². The lowest BCUT2D eigenvalue weighted by atomic mass is 10.2. The van der Waals surface area contributed by atoms with Crippen LogP contribution in [0.2, 0.25) is 0 Å². The molecule has 0 spiro atoms. The van der Waals surface area contributed by atoms with Crippen molar-refractivity contribution >= 4 is 11.7 Å². The molecule has 116 valence electrons. The number of carbonyl (C=O) groups is 1. The Morgan fingerprint density at radius 2 is 1.91 bits per heavy atom. The molecular weight excluding hydrogens is 292 g/mol. The number of aromatic hydroxyl groups is 1. The molecule has 0 aliphatic carbocycles. The first kappa shape index (κ1) is 14.8. The zero-order valence-corrected chi connectivity index (χ0v) is 12.4. The average Bonchev–Trinajstić information content (AvgIpc) is 3.05. The summed E-state index contributed by atoms with van der Waals surface area (Å²) in [5.74, 6) is 1.41. The lowest BCUT2D eigenvalue weighted by Crippen LogP contribution is -2.13. The van der Waals surface area contributed by atoms with Gasteiger partial charge in [0.25, 0.3) is 0 Å². The third-order valence-corrected chi connectivity index (χ3v) is 3.36. The molecule has 3 aromatic rings. The van der Waals surface area contributed by atoms with E-state index in [0.29, 0.717) is 6.42 Å². The fourth-order valence-corrected chi connectivity index (χ4v) is 2.19. The van der Waals surface area contributed by atoms with Crippen molar-refractivity contribution < 1.29 is 14.3 Å². The van der Waals surface area contributed by atoms with E-state index in [1.807, 2.05) is 42.5 Å². The maximum atomic E-state index is 11.9. The van der Waals surface area contributed by atoms with E-state index in [0.717, 1.165) is 17.1 Å². The predicted octanol–water partition coefficient (Wildman–Crippen LogP) is 3.62. The van der Waals surface area contributed by atoms with E-state index in [4.69, 9.17) is 4.42 Å². The number of pyridine rings is 1. The molecule has 0 bridgehead atoms. The standard InChI is InChI=1S/C18H16N2O3/c21-15-7-4-12-19-18(15)20-17(22)11-9-14-8-10-16(23-14)13-5-2-1-3-6-13/h1-8,10,12,21H,9,11H2,(H,19,20,22). The molecule has 0 unspecified atom stereocenters. The fraction of sp³-hybridized carbons (Fsp3) is 0.111. The van der Waals surface area contributed by atoms with Gasteiger partial charge in [-0.2, -0.15) is 0 Å². The summed E-state index contributed by atoms with van der Waals surface area (Å²) in [5, 5.41) is 12.2. The van der Waals surface area contributed by atoms with Crippen LogP contribution in [0.5, 0.6) is 5.75 Å². The Hall–Kier alpha value is -3.08. The molecular formula is C18H16N2O3. The Morgan fingerprint density at radius 1 is 1.09 bits per heavy atom. The zero-order valence-electron chi connectivity index (χ0n) is 12.4. The van der Waals surface area contributed by atoms with E-state index in [1.54, 1.807) is 6.07 Å². The first-order valence-corrected chi connectivity index (χ1v) is 7.30. The summed E-state index contributed by atoms with van der Waals surface area (Å²) >= 11 is 0. The molecule has 0 saturated heterocycles. The second kappa shape index (κ2) is 6.79. The van der Waals surface area contributed by atoms with Gasteiger partial charge in [-0.25, -0.2) is 4.98 Å². The van der Waals surface area contributed by atoms with Crippen LogP contribution in [0.25, 0.3) is 11.3 Å². The Labute approximate surface area is 133 Å². The Kier molecular flexibility index (Phi) is 4.38. The summed E-state index contributed by atoms with van der Waals surface area (Å²) < 4.78 is 5.75. The van der Waals surface area contributed by atoms with Gasteiger partial charge in [0.2, 0.25) is 5.91 Å². The number of benzene rings is 1. The number of hydrogen-bond acceptors (Lipinski definition) is 4. The molecule has 0 aliphatic heterocycles. The van der Waals surface area contributed by atoms with Gasteiger partial charge in [0.15, 0.2) is 11.6 Å². The number of rotatable bonds is 5. The summed E-state index contributed by atoms with van der Waals surface area (Å²) in [4.78, 5) is 15.8. The number of carbonyl (C=O) groups excluding carboxylic acids is 1. The minimum atomic E-state index is -0.225. The smallest absolute Gasteiger partial charge is 0.226 e. The third-order valence-electron chi connectivity index (χ3n) is 3.36. The van der Waals surface area contributed by atoms with Gasteiger partial charge in [0.1, 0.15) is 11.5 Å². The quantitative estimate of drug-likeness (QED) is 0.755. The lowest BCUT2D eigenvalue weighted by Gasteiger charge is -2.05. The summed E-state index contributed by atoms with van der Waals surface area (Å²) in [6.07, 6.45) is 2.23. The number of nitrogens with zero attached hydrogens (tertiary/aromatic N) is 1. The molecule has 2 N–H and O–H groups in total. The molecule has 5 heteroatoms. The summed E-state index contributed by atoms with van der Waals surface area (Å²) in [6, 6.07) is 16.6. The number of furan rings is 1. The first-order chi connectivity index (χ1) is 11.2. The van der Waals surface area contributed by atoms with Crippen LogP contribution in [0.4, 0.5) is 5.82 Å². The van der Waals surface area contributed by atoms with Crippen molar-refractivity contribution in [3.05, 3.63) is 66.6 Å². The predicted molar refractivity (Wildman–Crippen MR) is 87.0 cm³/mol. The van der Waals surface area contributed by atoms with Crippen LogP contribution < -0.4 is 5.32 Å². The molecule has 3 rings (SSSR count). The highest BCUT2D eigenvalue weighted by Gasteiger charge is 2.10. The summed E-state index contributed by atoms with van der Waals surface area (Å²) in [5.41, 5.74) is 1.00. The van der Waals surface area contributed by atoms with Gasteiger partial charge in [-0.1, -0.05) is 30.3 Å². The van der Waals surface area contributed by atoms with Gasteiger partial charge >= 0.3 is 0 Å². The van der Waals surface area contributed by atoms with Gasteiger partial charge in [0.05, 0.1) is 0 Å². The van der Waals surface area contributed by atoms with Crippen molar-refractivity contribution in [1.82, 2.24) is 4.98 Å². The number of amides is 1. The molecule has 2 heterocycles. The second-order valence-corrected chi connectivity index (χ2v) is 5.05. The second-order valence-electron chi connectivity index (χ2n) is 5.05. The Morgan fingerprint density at radius 3 is 2.70 bits per heavy atom. The first-order valence-electron chi connectivity index (χ1n) is 7.30. The monoisotopic (exact) mass is 308 g/mol. The Bertz CT molecular complexity index is 797. The zero-order chi connectivity index (χ0) is 16.1. The normalized spacial score (nSPS) is 10.4. The highest BCUT2D eigenvalue weighted by atomic mass is 16.3. The van der Waals surface area contributed by atoms with Crippen LogP contribution in [-0.2, 0) is 11.2 Å². The van der Waals surface area contributed by atoms with Crippen molar-refractivity contribution in [2.45, 2.75) is 12.8 Å². The van der Waals surface area contributed by atoms with Gasteiger partial charge in [-0.3, -0.25) is 4.79 Å². The summed E-state index contributed by atoms with van der Waals surface area (Å²) in [6.45, 7) is 0. The lowest BCUT2D eigenvalue weighted by molar-refractivity contribution is -0.116. The largest absolute Gasteiger partial charge is 0.504 e. The molecule has 0 atom stereocenters. The van der Waals surface area contributed by atoms with Crippen LogP contribution in [0.1, 0.15) is 12.2 Å². The van der Waals surface area contributed by atoms with E-state index in [1.165, 1.54) is 12.3 Å². The fourth-order valence-electron chi connectivity index (χ4n) is 2.19. The Balaban J connectivity index is 1.58. The van der Waals surface area contributed by atoms with Crippen LogP contribution in [0, 0.1) is 0 Å². The van der Waals surface area contributed by atoms with Crippen LogP contribution in [0.15, 0.2) is 65.2 Å². The van der Waals surface area contributed by atoms with E-state index < -0.39 is 0 Å². The average molecular weight is 308 g/mol. The third kappa shape index (κ3) is 3.77. The van der Waals surface area contributed by atoms with Gasteiger partial charge < -0.3 is 14.8 Å². The highest BCUT2D eigenvalue weighted by Crippen LogP contribution is 2.23. The number of anilines is 1. The molecule has 0 saturated carbocycles. The molecule has 1 amide bonds. The van der Waals surface area contributed by atoms with E-state index in [-0.39, 0.29) is 23.9 Å². The molecule has 2 aromatic heterocycles. The molecule has 0 fully saturated rings. The maximum Gasteiger partial charge on any atom is 0.226 e. The molecule has 0 radical (unpaired) electrons. The minimum absolute atomic E-state index is 0.0507. The van der Waals surface area contributed by atoms with Crippen molar-refractivity contribution in [1.29, 1.82) is 0 Å². The number of hydrogen-bond donors (Lipinski definition) is 2. The maximum absolute atomic E-state index is 11.9. The molecule has 5 nitrogen and oxygen atoms in total. The minimum Gasteiger partial charge on any atom is -0.504 e. The van der Waals surface area contributed by atoms with E-state index in [2.05, 4.69) is 10.3 Å². The van der Waals surface area contributed by atoms with Crippen LogP contribution in [0.3, 0.4) is 0 Å². The summed E-state index contributed by atoms with van der Waals surface area (Å²) in [7, 11) is 0. The van der Waals surface area contributed by atoms with Gasteiger partial charge in [0, 0.05) is 24.6 Å².